The Labute approximate surface area is 187 Å². The molecule has 2 aromatic carbocycles. The van der Waals surface area contributed by atoms with Gasteiger partial charge in [0.15, 0.2) is 0 Å². The minimum Gasteiger partial charge on any atom is -0.356 e. The maximum Gasteiger partial charge on any atom is 0.248 e. The fourth-order valence-corrected chi connectivity index (χ4v) is 5.03. The SMILES string of the molecule is O=C1NCCCC1c1ccc(N(CC2CCCC2)C(=O)Cn2nnc3ccccc32)cc1. The third kappa shape index (κ3) is 4.24. The summed E-state index contributed by atoms with van der Waals surface area (Å²) in [4.78, 5) is 27.6. The van der Waals surface area contributed by atoms with Gasteiger partial charge in [-0.05, 0) is 61.4 Å². The lowest BCUT2D eigenvalue weighted by molar-refractivity contribution is -0.124. The van der Waals surface area contributed by atoms with Crippen molar-refractivity contribution in [3.05, 3.63) is 54.1 Å². The van der Waals surface area contributed by atoms with Gasteiger partial charge >= 0.3 is 0 Å². The van der Waals surface area contributed by atoms with Crippen molar-refractivity contribution in [3.8, 4) is 0 Å². The third-order valence-electron chi connectivity index (χ3n) is 6.81. The van der Waals surface area contributed by atoms with Gasteiger partial charge in [-0.1, -0.05) is 42.3 Å². The lowest BCUT2D eigenvalue weighted by Crippen LogP contribution is -2.37. The molecular formula is C25H29N5O2. The van der Waals surface area contributed by atoms with Crippen LogP contribution in [0.1, 0.15) is 50.0 Å². The summed E-state index contributed by atoms with van der Waals surface area (Å²) >= 11 is 0. The lowest BCUT2D eigenvalue weighted by atomic mass is 9.91. The van der Waals surface area contributed by atoms with Crippen molar-refractivity contribution in [2.24, 2.45) is 5.92 Å². The average molecular weight is 432 g/mol. The smallest absolute Gasteiger partial charge is 0.248 e. The molecule has 0 radical (unpaired) electrons. The molecule has 2 heterocycles. The predicted octanol–water partition coefficient (Wildman–Crippen LogP) is 3.65. The molecule has 2 aliphatic rings. The Morgan fingerprint density at radius 1 is 1.03 bits per heavy atom. The fraction of sp³-hybridized carbons (Fsp3) is 0.440. The van der Waals surface area contributed by atoms with Crippen molar-refractivity contribution in [2.45, 2.75) is 51.0 Å². The highest BCUT2D eigenvalue weighted by Gasteiger charge is 2.26. The first kappa shape index (κ1) is 20.7. The molecule has 7 nitrogen and oxygen atoms in total. The lowest BCUT2D eigenvalue weighted by Gasteiger charge is -2.27. The Morgan fingerprint density at radius 2 is 1.81 bits per heavy atom. The van der Waals surface area contributed by atoms with Gasteiger partial charge in [-0.2, -0.15) is 0 Å². The number of amides is 2. The Balaban J connectivity index is 1.38. The first-order valence-electron chi connectivity index (χ1n) is 11.7. The van der Waals surface area contributed by atoms with Crippen molar-refractivity contribution >= 4 is 28.5 Å². The van der Waals surface area contributed by atoms with Crippen LogP contribution in [0.4, 0.5) is 5.69 Å². The largest absolute Gasteiger partial charge is 0.356 e. The number of piperidine rings is 1. The molecule has 1 saturated carbocycles. The molecule has 1 atom stereocenters. The molecule has 1 N–H and O–H groups in total. The third-order valence-corrected chi connectivity index (χ3v) is 6.81. The fourth-order valence-electron chi connectivity index (χ4n) is 5.03. The van der Waals surface area contributed by atoms with E-state index in [0.717, 1.165) is 54.5 Å². The number of carbonyl (C=O) groups excluding carboxylic acids is 2. The van der Waals surface area contributed by atoms with E-state index in [2.05, 4.69) is 15.6 Å². The molecule has 32 heavy (non-hydrogen) atoms. The van der Waals surface area contributed by atoms with Crippen LogP contribution in [0.15, 0.2) is 48.5 Å². The van der Waals surface area contributed by atoms with Gasteiger partial charge < -0.3 is 10.2 Å². The number of para-hydroxylation sites is 1. The van der Waals surface area contributed by atoms with Crippen LogP contribution in [0, 0.1) is 5.92 Å². The minimum absolute atomic E-state index is 0.00992. The van der Waals surface area contributed by atoms with Crippen LogP contribution in [0.25, 0.3) is 11.0 Å². The zero-order valence-corrected chi connectivity index (χ0v) is 18.2. The Hall–Kier alpha value is -3.22. The number of hydrogen-bond donors (Lipinski definition) is 1. The van der Waals surface area contributed by atoms with Gasteiger partial charge in [-0.3, -0.25) is 9.59 Å². The molecule has 1 aliphatic carbocycles. The molecular weight excluding hydrogens is 402 g/mol. The molecule has 2 amide bonds. The molecule has 5 rings (SSSR count). The van der Waals surface area contributed by atoms with Crippen molar-refractivity contribution in [1.82, 2.24) is 20.3 Å². The Kier molecular flexibility index (Phi) is 5.88. The summed E-state index contributed by atoms with van der Waals surface area (Å²) in [6.07, 6.45) is 6.66. The van der Waals surface area contributed by atoms with E-state index in [9.17, 15) is 9.59 Å². The second-order valence-electron chi connectivity index (χ2n) is 8.97. The van der Waals surface area contributed by atoms with Gasteiger partial charge in [0.2, 0.25) is 11.8 Å². The van der Waals surface area contributed by atoms with Crippen LogP contribution in [-0.4, -0.2) is 39.9 Å². The highest BCUT2D eigenvalue weighted by molar-refractivity contribution is 5.94. The normalized spacial score (nSPS) is 19.2. The van der Waals surface area contributed by atoms with Crippen LogP contribution in [-0.2, 0) is 16.1 Å². The Bertz CT molecular complexity index is 1100. The van der Waals surface area contributed by atoms with Crippen LogP contribution in [0.5, 0.6) is 0 Å². The van der Waals surface area contributed by atoms with Gasteiger partial charge in [-0.25, -0.2) is 4.68 Å². The van der Waals surface area contributed by atoms with Crippen molar-refractivity contribution in [1.29, 1.82) is 0 Å². The van der Waals surface area contributed by atoms with Gasteiger partial charge in [0.1, 0.15) is 12.1 Å². The van der Waals surface area contributed by atoms with Gasteiger partial charge in [0.05, 0.1) is 11.4 Å². The summed E-state index contributed by atoms with van der Waals surface area (Å²) in [6, 6.07) is 15.7. The van der Waals surface area contributed by atoms with Crippen LogP contribution in [0.3, 0.4) is 0 Å². The number of benzene rings is 2. The summed E-state index contributed by atoms with van der Waals surface area (Å²) in [5.41, 5.74) is 3.55. The number of rotatable bonds is 6. The number of anilines is 1. The highest BCUT2D eigenvalue weighted by atomic mass is 16.2. The molecule has 7 heteroatoms. The predicted molar refractivity (Wildman–Crippen MR) is 123 cm³/mol. The average Bonchev–Trinajstić information content (AvgIpc) is 3.48. The van der Waals surface area contributed by atoms with Crippen molar-refractivity contribution in [3.63, 3.8) is 0 Å². The molecule has 1 unspecified atom stereocenters. The van der Waals surface area contributed by atoms with E-state index >= 15 is 0 Å². The molecule has 1 saturated heterocycles. The summed E-state index contributed by atoms with van der Waals surface area (Å²) in [5, 5.41) is 11.3. The monoisotopic (exact) mass is 431 g/mol. The van der Waals surface area contributed by atoms with Crippen LogP contribution in [0.2, 0.25) is 0 Å². The van der Waals surface area contributed by atoms with Crippen molar-refractivity contribution < 1.29 is 9.59 Å². The minimum atomic E-state index is -0.0988. The van der Waals surface area contributed by atoms with E-state index in [1.165, 1.54) is 12.8 Å². The van der Waals surface area contributed by atoms with Gasteiger partial charge in [-0.15, -0.1) is 5.10 Å². The number of hydrogen-bond acceptors (Lipinski definition) is 4. The number of nitrogens with zero attached hydrogens (tertiary/aromatic N) is 4. The van der Waals surface area contributed by atoms with Crippen LogP contribution < -0.4 is 10.2 Å². The second-order valence-corrected chi connectivity index (χ2v) is 8.97. The number of aromatic nitrogens is 3. The summed E-state index contributed by atoms with van der Waals surface area (Å²) in [7, 11) is 0. The highest BCUT2D eigenvalue weighted by Crippen LogP contribution is 2.30. The standard InChI is InChI=1S/C25H29N5O2/c31-24(17-30-23-10-4-3-9-22(23)27-28-30)29(16-18-6-1-2-7-18)20-13-11-19(12-14-20)21-8-5-15-26-25(21)32/h3-4,9-14,18,21H,1-2,5-8,15-17H2,(H,26,32). The number of carbonyl (C=O) groups is 2. The second kappa shape index (κ2) is 9.10. The molecule has 166 valence electrons. The van der Waals surface area contributed by atoms with E-state index in [0.29, 0.717) is 12.5 Å². The quantitative estimate of drug-likeness (QED) is 0.646. The van der Waals surface area contributed by atoms with E-state index in [4.69, 9.17) is 0 Å². The first-order chi connectivity index (χ1) is 15.7. The maximum atomic E-state index is 13.5. The van der Waals surface area contributed by atoms with E-state index in [1.54, 1.807) is 4.68 Å². The molecule has 1 aliphatic heterocycles. The molecule has 0 bridgehead atoms. The number of fused-ring (bicyclic) bond motifs is 1. The molecule has 3 aromatic rings. The first-order valence-corrected chi connectivity index (χ1v) is 11.7. The summed E-state index contributed by atoms with van der Waals surface area (Å²) in [5.74, 6) is 0.533. The molecule has 2 fully saturated rings. The zero-order valence-electron chi connectivity index (χ0n) is 18.2. The molecule has 0 spiro atoms. The Morgan fingerprint density at radius 3 is 2.59 bits per heavy atom. The summed E-state index contributed by atoms with van der Waals surface area (Å²) < 4.78 is 1.68. The topological polar surface area (TPSA) is 80.1 Å². The van der Waals surface area contributed by atoms with E-state index in [1.807, 2.05) is 53.4 Å². The van der Waals surface area contributed by atoms with E-state index in [-0.39, 0.29) is 24.3 Å². The summed E-state index contributed by atoms with van der Waals surface area (Å²) in [6.45, 7) is 1.63. The van der Waals surface area contributed by atoms with Crippen molar-refractivity contribution in [2.75, 3.05) is 18.0 Å². The zero-order chi connectivity index (χ0) is 21.9. The van der Waals surface area contributed by atoms with Crippen LogP contribution >= 0.6 is 0 Å². The maximum absolute atomic E-state index is 13.5. The van der Waals surface area contributed by atoms with Gasteiger partial charge in [0.25, 0.3) is 0 Å². The van der Waals surface area contributed by atoms with E-state index < -0.39 is 0 Å². The van der Waals surface area contributed by atoms with Gasteiger partial charge in [0, 0.05) is 18.8 Å². The number of nitrogens with one attached hydrogen (secondary N) is 1. The molecule has 1 aromatic heterocycles.